The first-order chi connectivity index (χ1) is 11.2. The summed E-state index contributed by atoms with van der Waals surface area (Å²) in [5.41, 5.74) is -0.139. The highest BCUT2D eigenvalue weighted by molar-refractivity contribution is 6.48. The summed E-state index contributed by atoms with van der Waals surface area (Å²) in [4.78, 5) is 11.4. The maximum absolute atomic E-state index is 11.4. The fourth-order valence-corrected chi connectivity index (χ4v) is 2.67. The Morgan fingerprint density at radius 3 is 2.42 bits per heavy atom. The van der Waals surface area contributed by atoms with Crippen molar-refractivity contribution in [3.8, 4) is 5.75 Å². The van der Waals surface area contributed by atoms with Crippen molar-refractivity contribution >= 4 is 13.1 Å². The third-order valence-corrected chi connectivity index (χ3v) is 4.75. The Morgan fingerprint density at radius 1 is 1.25 bits per heavy atom. The van der Waals surface area contributed by atoms with E-state index in [0.29, 0.717) is 6.61 Å². The van der Waals surface area contributed by atoms with Gasteiger partial charge in [-0.05, 0) is 51.8 Å². The summed E-state index contributed by atoms with van der Waals surface area (Å²) in [5, 5.41) is 9.33. The van der Waals surface area contributed by atoms with Crippen molar-refractivity contribution < 1.29 is 23.9 Å². The first kappa shape index (κ1) is 18.8. The first-order valence-electron chi connectivity index (χ1n) is 8.46. The van der Waals surface area contributed by atoms with E-state index in [1.165, 1.54) is 0 Å². The van der Waals surface area contributed by atoms with E-state index >= 15 is 0 Å². The Kier molecular flexibility index (Phi) is 5.61. The molecule has 0 radical (unpaired) electrons. The molecule has 1 aromatic carbocycles. The predicted molar refractivity (Wildman–Crippen MR) is 93.3 cm³/mol. The van der Waals surface area contributed by atoms with E-state index in [2.05, 4.69) is 0 Å². The van der Waals surface area contributed by atoms with Gasteiger partial charge < -0.3 is 19.2 Å². The van der Waals surface area contributed by atoms with Crippen LogP contribution in [0.25, 0.3) is 0 Å². The molecule has 0 aliphatic carbocycles. The average molecular weight is 334 g/mol. The van der Waals surface area contributed by atoms with Gasteiger partial charge in [-0.2, -0.15) is 0 Å². The van der Waals surface area contributed by atoms with Crippen molar-refractivity contribution in [1.29, 1.82) is 0 Å². The Balaban J connectivity index is 2.28. The molecule has 1 saturated heterocycles. The molecule has 6 heteroatoms. The van der Waals surface area contributed by atoms with Crippen molar-refractivity contribution in [2.75, 3.05) is 6.61 Å². The van der Waals surface area contributed by atoms with Crippen LogP contribution >= 0.6 is 0 Å². The minimum absolute atomic E-state index is 0.0615. The summed E-state index contributed by atoms with van der Waals surface area (Å²) >= 11 is 0. The second-order valence-electron chi connectivity index (χ2n) is 7.25. The van der Waals surface area contributed by atoms with Crippen molar-refractivity contribution in [2.45, 2.75) is 64.5 Å². The molecule has 0 spiro atoms. The van der Waals surface area contributed by atoms with Gasteiger partial charge in [-0.1, -0.05) is 19.1 Å². The Labute approximate surface area is 144 Å². The minimum Gasteiger partial charge on any atom is -0.494 e. The molecule has 0 aromatic heterocycles. The lowest BCUT2D eigenvalue weighted by Gasteiger charge is -2.32. The van der Waals surface area contributed by atoms with Gasteiger partial charge in [0.15, 0.2) is 0 Å². The van der Waals surface area contributed by atoms with Crippen LogP contribution in [0.3, 0.4) is 0 Å². The lowest BCUT2D eigenvalue weighted by Crippen LogP contribution is -2.41. The number of carboxylic acids is 1. The van der Waals surface area contributed by atoms with Gasteiger partial charge in [-0.3, -0.25) is 4.79 Å². The zero-order valence-electron chi connectivity index (χ0n) is 15.2. The Bertz CT molecular complexity index is 569. The molecule has 5 nitrogen and oxygen atoms in total. The fourth-order valence-electron chi connectivity index (χ4n) is 2.67. The largest absolute Gasteiger partial charge is 0.494 e. The molecule has 0 bridgehead atoms. The van der Waals surface area contributed by atoms with Crippen molar-refractivity contribution in [2.24, 2.45) is 0 Å². The molecule has 1 aliphatic heterocycles. The number of rotatable bonds is 7. The van der Waals surface area contributed by atoms with Gasteiger partial charge >= 0.3 is 13.1 Å². The summed E-state index contributed by atoms with van der Waals surface area (Å²) in [6.07, 6.45) is 0.855. The van der Waals surface area contributed by atoms with Crippen LogP contribution in [0.5, 0.6) is 5.75 Å². The van der Waals surface area contributed by atoms with Crippen molar-refractivity contribution in [3.63, 3.8) is 0 Å². The van der Waals surface area contributed by atoms with E-state index < -0.39 is 30.1 Å². The van der Waals surface area contributed by atoms with E-state index in [1.807, 2.05) is 58.9 Å². The maximum Gasteiger partial charge on any atom is 0.466 e. The van der Waals surface area contributed by atoms with Crippen LogP contribution < -0.4 is 4.74 Å². The molecule has 1 aliphatic rings. The van der Waals surface area contributed by atoms with Crippen molar-refractivity contribution in [3.05, 3.63) is 29.8 Å². The molecule has 1 fully saturated rings. The van der Waals surface area contributed by atoms with E-state index in [0.717, 1.165) is 17.7 Å². The molecule has 0 amide bonds. The zero-order valence-corrected chi connectivity index (χ0v) is 15.2. The van der Waals surface area contributed by atoms with Gasteiger partial charge in [0, 0.05) is 5.82 Å². The molecule has 1 aromatic rings. The highest BCUT2D eigenvalue weighted by Crippen LogP contribution is 2.42. The Morgan fingerprint density at radius 2 is 1.88 bits per heavy atom. The van der Waals surface area contributed by atoms with Gasteiger partial charge in [0.1, 0.15) is 5.75 Å². The number of benzene rings is 1. The maximum atomic E-state index is 11.4. The summed E-state index contributed by atoms with van der Waals surface area (Å²) in [6.45, 7) is 10.5. The van der Waals surface area contributed by atoms with Crippen LogP contribution in [-0.2, 0) is 14.1 Å². The standard InChI is InChI=1S/C18H27BO5/c1-6-10-22-14-9-7-8-13(11-14)15(12-16(20)21)19-23-17(2,3)18(4,5)24-19/h7-9,11,15H,6,10,12H2,1-5H3,(H,20,21). The average Bonchev–Trinajstić information content (AvgIpc) is 2.71. The van der Waals surface area contributed by atoms with E-state index in [9.17, 15) is 9.90 Å². The summed E-state index contributed by atoms with van der Waals surface area (Å²) < 4.78 is 17.8. The van der Waals surface area contributed by atoms with Crippen LogP contribution in [-0.4, -0.2) is 36.0 Å². The van der Waals surface area contributed by atoms with Gasteiger partial charge in [0.2, 0.25) is 0 Å². The molecule has 1 heterocycles. The molecular weight excluding hydrogens is 307 g/mol. The molecule has 1 atom stereocenters. The molecule has 24 heavy (non-hydrogen) atoms. The van der Waals surface area contributed by atoms with Crippen LogP contribution in [0.1, 0.15) is 58.8 Å². The summed E-state index contributed by atoms with van der Waals surface area (Å²) in [6, 6.07) is 7.54. The zero-order chi connectivity index (χ0) is 18.0. The summed E-state index contributed by atoms with van der Waals surface area (Å²) in [5.74, 6) is -0.537. The van der Waals surface area contributed by atoms with E-state index in [1.54, 1.807) is 0 Å². The van der Waals surface area contributed by atoms with Crippen LogP contribution in [0, 0.1) is 0 Å². The SMILES string of the molecule is CCCOc1cccc(C(CC(=O)O)B2OC(C)(C)C(C)(C)O2)c1. The van der Waals surface area contributed by atoms with Gasteiger partial charge in [-0.15, -0.1) is 0 Å². The predicted octanol–water partition coefficient (Wildman–Crippen LogP) is 3.67. The van der Waals surface area contributed by atoms with Gasteiger partial charge in [0.25, 0.3) is 0 Å². The number of carbonyl (C=O) groups is 1. The molecule has 0 saturated carbocycles. The second kappa shape index (κ2) is 7.15. The molecule has 2 rings (SSSR count). The third-order valence-electron chi connectivity index (χ3n) is 4.75. The van der Waals surface area contributed by atoms with Crippen LogP contribution in [0.15, 0.2) is 24.3 Å². The third kappa shape index (κ3) is 4.11. The van der Waals surface area contributed by atoms with Crippen LogP contribution in [0.2, 0.25) is 0 Å². The number of aliphatic carboxylic acids is 1. The van der Waals surface area contributed by atoms with Crippen LogP contribution in [0.4, 0.5) is 0 Å². The molecule has 1 unspecified atom stereocenters. The highest BCUT2D eigenvalue weighted by atomic mass is 16.7. The van der Waals surface area contributed by atoms with Gasteiger partial charge in [0.05, 0.1) is 24.2 Å². The number of hydrogen-bond acceptors (Lipinski definition) is 4. The first-order valence-corrected chi connectivity index (χ1v) is 8.46. The highest BCUT2D eigenvalue weighted by Gasteiger charge is 2.54. The lowest BCUT2D eigenvalue weighted by molar-refractivity contribution is -0.137. The fraction of sp³-hybridized carbons (Fsp3) is 0.611. The van der Waals surface area contributed by atoms with E-state index in [-0.39, 0.29) is 6.42 Å². The number of carboxylic acid groups (broad SMARTS) is 1. The Hall–Kier alpha value is -1.53. The second-order valence-corrected chi connectivity index (χ2v) is 7.25. The summed E-state index contributed by atoms with van der Waals surface area (Å²) in [7, 11) is -0.604. The monoisotopic (exact) mass is 334 g/mol. The molecular formula is C18H27BO5. The normalized spacial score (nSPS) is 20.0. The molecule has 1 N–H and O–H groups in total. The van der Waals surface area contributed by atoms with Crippen molar-refractivity contribution in [1.82, 2.24) is 0 Å². The topological polar surface area (TPSA) is 65.0 Å². The lowest BCUT2D eigenvalue weighted by atomic mass is 9.66. The quantitative estimate of drug-likeness (QED) is 0.771. The minimum atomic E-state index is -0.880. The number of hydrogen-bond donors (Lipinski definition) is 1. The van der Waals surface area contributed by atoms with Gasteiger partial charge in [-0.25, -0.2) is 0 Å². The number of ether oxygens (including phenoxy) is 1. The molecule has 132 valence electrons. The smallest absolute Gasteiger partial charge is 0.466 e. The van der Waals surface area contributed by atoms with E-state index in [4.69, 9.17) is 14.0 Å².